The molecule has 0 saturated heterocycles. The molecule has 1 aliphatic rings. The van der Waals surface area contributed by atoms with Gasteiger partial charge in [0.05, 0.1) is 5.66 Å². The van der Waals surface area contributed by atoms with Crippen molar-refractivity contribution in [1.82, 2.24) is 5.32 Å². The van der Waals surface area contributed by atoms with Crippen LogP contribution < -0.4 is 5.32 Å². The van der Waals surface area contributed by atoms with Gasteiger partial charge in [-0.1, -0.05) is 38.1 Å². The van der Waals surface area contributed by atoms with E-state index in [1.165, 1.54) is 11.1 Å². The van der Waals surface area contributed by atoms with Crippen molar-refractivity contribution in [1.29, 1.82) is 0 Å². The first-order valence-electron chi connectivity index (χ1n) is 5.85. The summed E-state index contributed by atoms with van der Waals surface area (Å²) in [6, 6.07) is 8.28. The third-order valence-electron chi connectivity index (χ3n) is 2.61. The summed E-state index contributed by atoms with van der Waals surface area (Å²) in [7, 11) is 0.638. The fraction of sp³-hybridized carbons (Fsp3) is 0.462. The van der Waals surface area contributed by atoms with Crippen molar-refractivity contribution in [2.75, 3.05) is 13.2 Å². The van der Waals surface area contributed by atoms with Gasteiger partial charge in [0.1, 0.15) is 0 Å². The largest absolute Gasteiger partial charge is 0.355 e. The molecule has 0 saturated carbocycles. The van der Waals surface area contributed by atoms with Crippen molar-refractivity contribution in [3.63, 3.8) is 0 Å². The topological polar surface area (TPSA) is 29.1 Å². The standard InChI is InChI=1S/C11H14NOP.C2H6/c1-14-10-9-5-3-2-4-8(9)6-7-12-11(10)13;1-2/h2-5,10,14H,6-7H2,1H3,(H,12,13);1-2H3. The molecule has 1 aromatic carbocycles. The number of rotatable bonds is 1. The average Bonchev–Trinajstić information content (AvgIpc) is 2.50. The summed E-state index contributed by atoms with van der Waals surface area (Å²) in [5, 5.41) is 2.96. The molecule has 2 rings (SSSR count). The second kappa shape index (κ2) is 6.65. The Labute approximate surface area is 99.6 Å². The number of fused-ring (bicyclic) bond motifs is 1. The van der Waals surface area contributed by atoms with Crippen LogP contribution in [0.2, 0.25) is 0 Å². The summed E-state index contributed by atoms with van der Waals surface area (Å²) in [6.07, 6.45) is 0.961. The maximum atomic E-state index is 11.7. The summed E-state index contributed by atoms with van der Waals surface area (Å²) < 4.78 is 0. The van der Waals surface area contributed by atoms with Crippen molar-refractivity contribution in [3.8, 4) is 0 Å². The van der Waals surface area contributed by atoms with Crippen molar-refractivity contribution >= 4 is 14.5 Å². The zero-order chi connectivity index (χ0) is 12.0. The van der Waals surface area contributed by atoms with Crippen molar-refractivity contribution in [3.05, 3.63) is 35.4 Å². The molecular formula is C13H20NOP. The maximum absolute atomic E-state index is 11.7. The Kier molecular flexibility index (Phi) is 5.48. The first-order chi connectivity index (χ1) is 7.83. The molecule has 88 valence electrons. The first-order valence-corrected chi connectivity index (χ1v) is 7.43. The van der Waals surface area contributed by atoms with E-state index < -0.39 is 0 Å². The van der Waals surface area contributed by atoms with Gasteiger partial charge in [-0.25, -0.2) is 0 Å². The van der Waals surface area contributed by atoms with Gasteiger partial charge in [-0.2, -0.15) is 0 Å². The van der Waals surface area contributed by atoms with E-state index in [0.29, 0.717) is 8.58 Å². The molecule has 0 fully saturated rings. The Balaban J connectivity index is 0.000000606. The highest BCUT2D eigenvalue weighted by molar-refractivity contribution is 7.38. The molecule has 1 aromatic rings. The predicted molar refractivity (Wildman–Crippen MR) is 71.5 cm³/mol. The van der Waals surface area contributed by atoms with Gasteiger partial charge in [0, 0.05) is 6.54 Å². The van der Waals surface area contributed by atoms with Crippen molar-refractivity contribution in [2.45, 2.75) is 25.9 Å². The SMILES string of the molecule is CC.CPC1C(=O)NCCc2ccccc21. The summed E-state index contributed by atoms with van der Waals surface area (Å²) in [6.45, 7) is 6.86. The van der Waals surface area contributed by atoms with Crippen LogP contribution in [-0.2, 0) is 11.2 Å². The molecule has 0 bridgehead atoms. The number of carbonyl (C=O) groups is 1. The predicted octanol–water partition coefficient (Wildman–Crippen LogP) is 2.73. The monoisotopic (exact) mass is 237 g/mol. The van der Waals surface area contributed by atoms with E-state index in [-0.39, 0.29) is 11.6 Å². The molecule has 3 heteroatoms. The molecule has 2 unspecified atom stereocenters. The summed E-state index contributed by atoms with van der Waals surface area (Å²) >= 11 is 0. The summed E-state index contributed by atoms with van der Waals surface area (Å²) in [5.41, 5.74) is 2.63. The Morgan fingerprint density at radius 3 is 2.69 bits per heavy atom. The molecule has 2 nitrogen and oxygen atoms in total. The lowest BCUT2D eigenvalue weighted by Gasteiger charge is -2.13. The minimum Gasteiger partial charge on any atom is -0.355 e. The molecule has 1 amide bonds. The van der Waals surface area contributed by atoms with E-state index in [0.717, 1.165) is 13.0 Å². The molecule has 0 spiro atoms. The minimum atomic E-state index is 0.0775. The first kappa shape index (κ1) is 13.2. The van der Waals surface area contributed by atoms with E-state index >= 15 is 0 Å². The molecular weight excluding hydrogens is 217 g/mol. The second-order valence-electron chi connectivity index (χ2n) is 3.46. The van der Waals surface area contributed by atoms with Crippen LogP contribution in [0.5, 0.6) is 0 Å². The Morgan fingerprint density at radius 2 is 2.00 bits per heavy atom. The highest BCUT2D eigenvalue weighted by atomic mass is 31.1. The molecule has 16 heavy (non-hydrogen) atoms. The third-order valence-corrected chi connectivity index (χ3v) is 3.76. The number of benzene rings is 1. The van der Waals surface area contributed by atoms with Crippen LogP contribution in [0.25, 0.3) is 0 Å². The van der Waals surface area contributed by atoms with Gasteiger partial charge >= 0.3 is 0 Å². The van der Waals surface area contributed by atoms with Crippen LogP contribution in [0.3, 0.4) is 0 Å². The number of amides is 1. The fourth-order valence-electron chi connectivity index (χ4n) is 1.89. The number of carbonyl (C=O) groups excluding carboxylic acids is 1. The molecule has 1 aliphatic heterocycles. The van der Waals surface area contributed by atoms with Crippen molar-refractivity contribution in [2.24, 2.45) is 0 Å². The van der Waals surface area contributed by atoms with Gasteiger partial charge in [-0.3, -0.25) is 4.79 Å². The Morgan fingerprint density at radius 1 is 1.31 bits per heavy atom. The van der Waals surface area contributed by atoms with Crippen LogP contribution in [0.1, 0.15) is 30.6 Å². The lowest BCUT2D eigenvalue weighted by molar-refractivity contribution is -0.120. The zero-order valence-corrected chi connectivity index (χ0v) is 11.2. The highest BCUT2D eigenvalue weighted by Crippen LogP contribution is 2.35. The average molecular weight is 237 g/mol. The van der Waals surface area contributed by atoms with Crippen LogP contribution in [0, 0.1) is 0 Å². The second-order valence-corrected chi connectivity index (χ2v) is 4.62. The highest BCUT2D eigenvalue weighted by Gasteiger charge is 2.23. The lowest BCUT2D eigenvalue weighted by Crippen LogP contribution is -2.26. The smallest absolute Gasteiger partial charge is 0.231 e. The van der Waals surface area contributed by atoms with Crippen LogP contribution in [-0.4, -0.2) is 19.1 Å². The molecule has 0 aliphatic carbocycles. The summed E-state index contributed by atoms with van der Waals surface area (Å²) in [5.74, 6) is 0.191. The minimum absolute atomic E-state index is 0.0775. The number of nitrogens with one attached hydrogen (secondary N) is 1. The van der Waals surface area contributed by atoms with Crippen molar-refractivity contribution < 1.29 is 4.79 Å². The van der Waals surface area contributed by atoms with Crippen LogP contribution in [0.4, 0.5) is 0 Å². The lowest BCUT2D eigenvalue weighted by atomic mass is 10.0. The van der Waals surface area contributed by atoms with E-state index in [2.05, 4.69) is 24.1 Å². The molecule has 0 radical (unpaired) electrons. The third kappa shape index (κ3) is 2.82. The Hall–Kier alpha value is -0.880. The van der Waals surface area contributed by atoms with E-state index in [9.17, 15) is 4.79 Å². The van der Waals surface area contributed by atoms with E-state index in [1.807, 2.05) is 26.0 Å². The van der Waals surface area contributed by atoms with E-state index in [1.54, 1.807) is 0 Å². The number of hydrogen-bond donors (Lipinski definition) is 1. The van der Waals surface area contributed by atoms with Gasteiger partial charge in [0.25, 0.3) is 0 Å². The molecule has 2 atom stereocenters. The van der Waals surface area contributed by atoms with E-state index in [4.69, 9.17) is 0 Å². The van der Waals surface area contributed by atoms with Crippen LogP contribution >= 0.6 is 8.58 Å². The number of hydrogen-bond acceptors (Lipinski definition) is 1. The molecule has 1 N–H and O–H groups in total. The maximum Gasteiger partial charge on any atom is 0.231 e. The van der Waals surface area contributed by atoms with Gasteiger partial charge < -0.3 is 5.32 Å². The summed E-state index contributed by atoms with van der Waals surface area (Å²) in [4.78, 5) is 11.7. The molecule has 1 heterocycles. The normalized spacial score (nSPS) is 19.4. The quantitative estimate of drug-likeness (QED) is 0.748. The van der Waals surface area contributed by atoms with Gasteiger partial charge in [0.15, 0.2) is 0 Å². The van der Waals surface area contributed by atoms with Gasteiger partial charge in [-0.05, 0) is 24.2 Å². The van der Waals surface area contributed by atoms with Gasteiger partial charge in [0.2, 0.25) is 5.91 Å². The zero-order valence-electron chi connectivity index (χ0n) is 10.2. The molecule has 0 aromatic heterocycles. The fourth-order valence-corrected chi connectivity index (χ4v) is 2.85. The Bertz CT molecular complexity index is 352. The van der Waals surface area contributed by atoms with Crippen LogP contribution in [0.15, 0.2) is 24.3 Å². The van der Waals surface area contributed by atoms with Gasteiger partial charge in [-0.15, -0.1) is 8.58 Å².